The minimum Gasteiger partial charge on any atom is -0.481 e. The third-order valence-corrected chi connectivity index (χ3v) is 1.20. The van der Waals surface area contributed by atoms with Crippen LogP contribution in [0, 0.1) is 0 Å². The van der Waals surface area contributed by atoms with Crippen LogP contribution in [0.4, 0.5) is 4.79 Å². The van der Waals surface area contributed by atoms with Crippen molar-refractivity contribution in [2.45, 2.75) is 6.92 Å². The number of hydrogen-bond donors (Lipinski definition) is 5. The Bertz CT molecular complexity index is 461. The number of rotatable bonds is 2. The van der Waals surface area contributed by atoms with E-state index < -0.39 is 24.1 Å². The summed E-state index contributed by atoms with van der Waals surface area (Å²) in [6.07, 6.45) is -1.00. The predicted octanol–water partition coefficient (Wildman–Crippen LogP) is 1.13. The van der Waals surface area contributed by atoms with Crippen LogP contribution in [0.2, 0.25) is 0 Å². The summed E-state index contributed by atoms with van der Waals surface area (Å²) in [6.45, 7) is 4.04. The van der Waals surface area contributed by atoms with Crippen molar-refractivity contribution < 1.29 is 50.2 Å². The fraction of sp³-hybridized carbons (Fsp3) is 0.0769. The lowest BCUT2D eigenvalue weighted by molar-refractivity contribution is -0.134. The number of aromatic carboxylic acids is 1. The van der Waals surface area contributed by atoms with E-state index in [-0.39, 0.29) is 5.48 Å². The van der Waals surface area contributed by atoms with E-state index in [2.05, 4.69) is 6.58 Å². The van der Waals surface area contributed by atoms with E-state index in [9.17, 15) is 9.59 Å². The molecule has 1 aromatic rings. The molecule has 0 heterocycles. The lowest BCUT2D eigenvalue weighted by atomic mass is 10.2. The average molecular weight is 334 g/mol. The van der Waals surface area contributed by atoms with E-state index in [1.165, 1.54) is 0 Å². The van der Waals surface area contributed by atoms with Gasteiger partial charge in [0.15, 0.2) is 0 Å². The largest absolute Gasteiger partial charge is 0.503 e. The summed E-state index contributed by atoms with van der Waals surface area (Å²) in [6, 6.07) is 8.30. The second kappa shape index (κ2) is 18.6. The molecule has 0 spiro atoms. The zero-order valence-electron chi connectivity index (χ0n) is 12.0. The highest BCUT2D eigenvalue weighted by atomic mass is 16.6. The van der Waals surface area contributed by atoms with Crippen molar-refractivity contribution in [3.8, 4) is 0 Å². The van der Waals surface area contributed by atoms with Gasteiger partial charge in [0.25, 0.3) is 5.97 Å². The van der Waals surface area contributed by atoms with Crippen molar-refractivity contribution >= 4 is 24.1 Å². The van der Waals surface area contributed by atoms with Crippen LogP contribution in [0.5, 0.6) is 0 Å². The van der Waals surface area contributed by atoms with E-state index in [0.29, 0.717) is 5.56 Å². The first-order chi connectivity index (χ1) is 10.0. The molecule has 130 valence electrons. The first-order valence-corrected chi connectivity index (χ1v) is 5.29. The normalized spacial score (nSPS) is 7.00. The maximum Gasteiger partial charge on any atom is 0.503 e. The zero-order valence-corrected chi connectivity index (χ0v) is 12.0. The van der Waals surface area contributed by atoms with E-state index in [4.69, 9.17) is 35.1 Å². The summed E-state index contributed by atoms with van der Waals surface area (Å²) in [7, 11) is 0. The Balaban J connectivity index is -0.000000112. The molecule has 0 fully saturated rings. The molecule has 0 aromatic heterocycles. The first kappa shape index (κ1) is 27.9. The highest BCUT2D eigenvalue weighted by Gasteiger charge is 1.96. The van der Waals surface area contributed by atoms with Crippen LogP contribution in [0.3, 0.4) is 0 Å². The minimum absolute atomic E-state index is 0. The fourth-order valence-corrected chi connectivity index (χ4v) is 0.581. The van der Waals surface area contributed by atoms with Crippen molar-refractivity contribution in [3.63, 3.8) is 0 Å². The molecule has 0 radical (unpaired) electrons. The zero-order chi connectivity index (χ0) is 18.1. The summed E-state index contributed by atoms with van der Waals surface area (Å²) in [5, 5.41) is 37.4. The Morgan fingerprint density at radius 3 is 1.30 bits per heavy atom. The van der Waals surface area contributed by atoms with Gasteiger partial charge in [0.05, 0.1) is 5.56 Å². The number of benzene rings is 1. The lowest BCUT2D eigenvalue weighted by Gasteiger charge is -1.88. The van der Waals surface area contributed by atoms with E-state index in [0.717, 1.165) is 13.0 Å². The SMILES string of the molecule is C=CC(=O)O.CC(=O)O.O.O=C(O)O.O=C(O)c1ccccc1. The lowest BCUT2D eigenvalue weighted by Crippen LogP contribution is -1.93. The van der Waals surface area contributed by atoms with Crippen molar-refractivity contribution in [1.29, 1.82) is 0 Å². The van der Waals surface area contributed by atoms with Crippen molar-refractivity contribution in [2.75, 3.05) is 0 Å². The summed E-state index contributed by atoms with van der Waals surface area (Å²) in [5.41, 5.74) is 0.331. The predicted molar refractivity (Wildman–Crippen MR) is 78.8 cm³/mol. The van der Waals surface area contributed by atoms with Gasteiger partial charge in [0, 0.05) is 13.0 Å². The van der Waals surface area contributed by atoms with Crippen LogP contribution in [-0.2, 0) is 9.59 Å². The molecule has 0 saturated carbocycles. The number of hydrogen-bond acceptors (Lipinski definition) is 4. The highest BCUT2D eigenvalue weighted by Crippen LogP contribution is 1.96. The monoisotopic (exact) mass is 334 g/mol. The van der Waals surface area contributed by atoms with Crippen molar-refractivity contribution in [1.82, 2.24) is 0 Å². The molecule has 10 nitrogen and oxygen atoms in total. The maximum absolute atomic E-state index is 10.2. The molecule has 10 heteroatoms. The molecule has 0 saturated heterocycles. The Kier molecular flexibility index (Phi) is 22.5. The fourth-order valence-electron chi connectivity index (χ4n) is 0.581. The third-order valence-electron chi connectivity index (χ3n) is 1.20. The Morgan fingerprint density at radius 2 is 1.17 bits per heavy atom. The van der Waals surface area contributed by atoms with Gasteiger partial charge >= 0.3 is 18.1 Å². The summed E-state index contributed by atoms with van der Waals surface area (Å²) < 4.78 is 0. The molecule has 0 atom stereocenters. The average Bonchev–Trinajstić information content (AvgIpc) is 2.39. The minimum atomic E-state index is -1.83. The smallest absolute Gasteiger partial charge is 0.481 e. The summed E-state index contributed by atoms with van der Waals surface area (Å²) >= 11 is 0. The molecule has 0 amide bonds. The Morgan fingerprint density at radius 1 is 0.913 bits per heavy atom. The van der Waals surface area contributed by atoms with Crippen LogP contribution in [-0.4, -0.2) is 55.1 Å². The molecule has 23 heavy (non-hydrogen) atoms. The molecule has 1 aromatic carbocycles. The number of carboxylic acids is 3. The molecule has 0 aliphatic rings. The maximum atomic E-state index is 10.2. The van der Waals surface area contributed by atoms with Crippen LogP contribution < -0.4 is 0 Å². The molecule has 7 N–H and O–H groups in total. The van der Waals surface area contributed by atoms with Crippen molar-refractivity contribution in [3.05, 3.63) is 48.6 Å². The van der Waals surface area contributed by atoms with Gasteiger partial charge in [-0.15, -0.1) is 0 Å². The Hall–Kier alpha value is -3.40. The molecular weight excluding hydrogens is 316 g/mol. The topological polar surface area (TPSA) is 201 Å². The molecular formula is C13H18O10. The Labute approximate surface area is 130 Å². The van der Waals surface area contributed by atoms with Gasteiger partial charge in [-0.05, 0) is 12.1 Å². The van der Waals surface area contributed by atoms with E-state index in [1.54, 1.807) is 30.3 Å². The summed E-state index contributed by atoms with van der Waals surface area (Å²) in [4.78, 5) is 37.0. The van der Waals surface area contributed by atoms with Gasteiger partial charge < -0.3 is 31.0 Å². The number of carboxylic acid groups (broad SMARTS) is 5. The summed E-state index contributed by atoms with van der Waals surface area (Å²) in [5.74, 6) is -2.69. The molecule has 0 aliphatic heterocycles. The molecule has 1 rings (SSSR count). The van der Waals surface area contributed by atoms with Crippen LogP contribution in [0.15, 0.2) is 43.0 Å². The molecule has 0 unspecified atom stereocenters. The molecule has 0 bridgehead atoms. The van der Waals surface area contributed by atoms with Crippen LogP contribution >= 0.6 is 0 Å². The van der Waals surface area contributed by atoms with Gasteiger partial charge in [-0.2, -0.15) is 0 Å². The van der Waals surface area contributed by atoms with Gasteiger partial charge in [-0.3, -0.25) is 4.79 Å². The quantitative estimate of drug-likeness (QED) is 0.491. The van der Waals surface area contributed by atoms with Crippen LogP contribution in [0.25, 0.3) is 0 Å². The second-order valence-corrected chi connectivity index (χ2v) is 3.02. The third kappa shape index (κ3) is 45.6. The van der Waals surface area contributed by atoms with Gasteiger partial charge in [-0.25, -0.2) is 14.4 Å². The first-order valence-electron chi connectivity index (χ1n) is 5.29. The van der Waals surface area contributed by atoms with E-state index in [1.807, 2.05) is 0 Å². The standard InChI is InChI=1S/C7H6O2.C3H4O2.C2H4O2.CH2O3.H2O/c8-7(9)6-4-2-1-3-5-6;1-2-3(4)5;1-2(3)4;2-1(3)4;/h1-5H,(H,8,9);2H,1H2,(H,4,5);1H3,(H,3,4);(H2,2,3,4);1H2. The van der Waals surface area contributed by atoms with Gasteiger partial charge in [0.1, 0.15) is 0 Å². The van der Waals surface area contributed by atoms with Gasteiger partial charge in [-0.1, -0.05) is 24.8 Å². The van der Waals surface area contributed by atoms with E-state index >= 15 is 0 Å². The molecule has 0 aliphatic carbocycles. The number of aliphatic carboxylic acids is 2. The number of carbonyl (C=O) groups is 4. The van der Waals surface area contributed by atoms with Gasteiger partial charge in [0.2, 0.25) is 0 Å². The highest BCUT2D eigenvalue weighted by molar-refractivity contribution is 5.87. The second-order valence-electron chi connectivity index (χ2n) is 3.02. The van der Waals surface area contributed by atoms with Crippen molar-refractivity contribution in [2.24, 2.45) is 0 Å². The van der Waals surface area contributed by atoms with Crippen LogP contribution in [0.1, 0.15) is 17.3 Å².